The Hall–Kier alpha value is -0.130. The van der Waals surface area contributed by atoms with Gasteiger partial charge in [0.1, 0.15) is 0 Å². The summed E-state index contributed by atoms with van der Waals surface area (Å²) in [4.78, 5) is 0. The zero-order chi connectivity index (χ0) is 9.73. The second-order valence-electron chi connectivity index (χ2n) is 3.35. The molecule has 4 nitrogen and oxygen atoms in total. The molecule has 0 spiro atoms. The molecule has 0 amide bonds. The lowest BCUT2D eigenvalue weighted by Gasteiger charge is -2.18. The van der Waals surface area contributed by atoms with E-state index in [0.717, 1.165) is 25.7 Å². The van der Waals surface area contributed by atoms with Crippen LogP contribution in [0.4, 0.5) is 0 Å². The zero-order valence-electron chi connectivity index (χ0n) is 7.78. The number of aliphatic hydroxyl groups is 1. The van der Waals surface area contributed by atoms with Crippen LogP contribution in [0.5, 0.6) is 0 Å². The zero-order valence-corrected chi connectivity index (χ0v) is 8.59. The molecular formula is C8H17NO3S. The highest BCUT2D eigenvalue weighted by Crippen LogP contribution is 2.13. The highest BCUT2D eigenvalue weighted by atomic mass is 32.2. The summed E-state index contributed by atoms with van der Waals surface area (Å²) in [5, 5.41) is 8.60. The summed E-state index contributed by atoms with van der Waals surface area (Å²) in [6.07, 6.45) is 4.13. The lowest BCUT2D eigenvalue weighted by molar-refractivity contribution is 0.314. The molecule has 1 saturated heterocycles. The molecule has 0 aromatic heterocycles. The van der Waals surface area contributed by atoms with Gasteiger partial charge in [0.2, 0.25) is 10.0 Å². The van der Waals surface area contributed by atoms with Crippen LogP contribution in [0.25, 0.3) is 0 Å². The van der Waals surface area contributed by atoms with Crippen molar-refractivity contribution in [1.29, 1.82) is 0 Å². The van der Waals surface area contributed by atoms with Crippen molar-refractivity contribution < 1.29 is 13.5 Å². The number of hydrogen-bond acceptors (Lipinski definition) is 3. The van der Waals surface area contributed by atoms with E-state index in [1.54, 1.807) is 0 Å². The van der Waals surface area contributed by atoms with E-state index in [0.29, 0.717) is 13.1 Å². The first-order valence-corrected chi connectivity index (χ1v) is 6.36. The summed E-state index contributed by atoms with van der Waals surface area (Å²) in [5.41, 5.74) is 0. The van der Waals surface area contributed by atoms with Crippen LogP contribution in [0, 0.1) is 0 Å². The summed E-state index contributed by atoms with van der Waals surface area (Å²) in [7, 11) is -3.17. The quantitative estimate of drug-likeness (QED) is 0.718. The highest BCUT2D eigenvalue weighted by Gasteiger charge is 2.21. The van der Waals surface area contributed by atoms with Crippen LogP contribution in [0.15, 0.2) is 0 Å². The lowest BCUT2D eigenvalue weighted by Crippen LogP contribution is -2.34. The van der Waals surface area contributed by atoms with Gasteiger partial charge in [0.15, 0.2) is 0 Å². The first kappa shape index (κ1) is 10.9. The van der Waals surface area contributed by atoms with Crippen LogP contribution < -0.4 is 0 Å². The fraction of sp³-hybridized carbons (Fsp3) is 1.00. The highest BCUT2D eigenvalue weighted by molar-refractivity contribution is 7.89. The normalized spacial score (nSPS) is 21.3. The molecule has 0 unspecified atom stereocenters. The molecule has 0 aromatic rings. The largest absolute Gasteiger partial charge is 0.395 e. The Bertz CT molecular complexity index is 230. The minimum atomic E-state index is -3.17. The number of rotatable bonds is 3. The molecule has 1 heterocycles. The minimum Gasteiger partial charge on any atom is -0.395 e. The predicted octanol–water partition coefficient (Wildman–Crippen LogP) is 0.184. The van der Waals surface area contributed by atoms with Gasteiger partial charge in [-0.3, -0.25) is 0 Å². The number of aliphatic hydroxyl groups excluding tert-OH is 1. The maximum absolute atomic E-state index is 11.5. The minimum absolute atomic E-state index is 0.132. The molecule has 0 bridgehead atoms. The fourth-order valence-corrected chi connectivity index (χ4v) is 2.87. The SMILES string of the molecule is O=S(=O)(CCO)N1CCCCCC1. The second kappa shape index (κ2) is 4.93. The van der Waals surface area contributed by atoms with E-state index < -0.39 is 10.0 Å². The van der Waals surface area contributed by atoms with Gasteiger partial charge in [0.05, 0.1) is 12.4 Å². The van der Waals surface area contributed by atoms with Crippen molar-refractivity contribution >= 4 is 10.0 Å². The summed E-state index contributed by atoms with van der Waals surface area (Å²) in [5.74, 6) is -0.132. The first-order valence-electron chi connectivity index (χ1n) is 4.75. The van der Waals surface area contributed by atoms with Crippen LogP contribution in [-0.2, 0) is 10.0 Å². The molecule has 1 aliphatic heterocycles. The van der Waals surface area contributed by atoms with Gasteiger partial charge < -0.3 is 5.11 Å². The van der Waals surface area contributed by atoms with Gasteiger partial charge in [-0.2, -0.15) is 0 Å². The molecular weight excluding hydrogens is 190 g/mol. The molecule has 78 valence electrons. The molecule has 0 aromatic carbocycles. The average molecular weight is 207 g/mol. The van der Waals surface area contributed by atoms with E-state index in [1.807, 2.05) is 0 Å². The monoisotopic (exact) mass is 207 g/mol. The Labute approximate surface area is 79.6 Å². The third-order valence-electron chi connectivity index (χ3n) is 2.31. The first-order chi connectivity index (χ1) is 6.17. The van der Waals surface area contributed by atoms with Crippen molar-refractivity contribution in [3.8, 4) is 0 Å². The Morgan fingerprint density at radius 3 is 2.08 bits per heavy atom. The second-order valence-corrected chi connectivity index (χ2v) is 5.44. The third kappa shape index (κ3) is 3.25. The molecule has 1 N–H and O–H groups in total. The van der Waals surface area contributed by atoms with Gasteiger partial charge in [-0.15, -0.1) is 0 Å². The van der Waals surface area contributed by atoms with Crippen LogP contribution in [-0.4, -0.2) is 43.3 Å². The van der Waals surface area contributed by atoms with Crippen molar-refractivity contribution in [2.45, 2.75) is 25.7 Å². The summed E-state index contributed by atoms with van der Waals surface area (Å²) in [6, 6.07) is 0. The van der Waals surface area contributed by atoms with E-state index in [1.165, 1.54) is 4.31 Å². The van der Waals surface area contributed by atoms with Crippen LogP contribution in [0.2, 0.25) is 0 Å². The number of sulfonamides is 1. The molecule has 0 atom stereocenters. The Balaban J connectivity index is 2.57. The van der Waals surface area contributed by atoms with Crippen molar-refractivity contribution in [2.75, 3.05) is 25.4 Å². The van der Waals surface area contributed by atoms with Crippen molar-refractivity contribution in [1.82, 2.24) is 4.31 Å². The Kier molecular flexibility index (Phi) is 4.15. The maximum Gasteiger partial charge on any atom is 0.216 e. The molecule has 1 fully saturated rings. The van der Waals surface area contributed by atoms with E-state index in [2.05, 4.69) is 0 Å². The summed E-state index contributed by atoms with van der Waals surface area (Å²) in [6.45, 7) is 0.976. The standard InChI is InChI=1S/C8H17NO3S/c10-7-8-13(11,12)9-5-3-1-2-4-6-9/h10H,1-8H2. The molecule has 5 heteroatoms. The van der Waals surface area contributed by atoms with Crippen LogP contribution >= 0.6 is 0 Å². The molecule has 0 aliphatic carbocycles. The Morgan fingerprint density at radius 1 is 1.08 bits per heavy atom. The van der Waals surface area contributed by atoms with Crippen molar-refractivity contribution in [3.63, 3.8) is 0 Å². The molecule has 13 heavy (non-hydrogen) atoms. The third-order valence-corrected chi connectivity index (χ3v) is 4.16. The van der Waals surface area contributed by atoms with E-state index in [-0.39, 0.29) is 12.4 Å². The lowest BCUT2D eigenvalue weighted by atomic mass is 10.2. The van der Waals surface area contributed by atoms with Crippen LogP contribution in [0.1, 0.15) is 25.7 Å². The molecule has 0 radical (unpaired) electrons. The van der Waals surface area contributed by atoms with Gasteiger partial charge >= 0.3 is 0 Å². The summed E-state index contributed by atoms with van der Waals surface area (Å²) < 4.78 is 24.5. The maximum atomic E-state index is 11.5. The van der Waals surface area contributed by atoms with Gasteiger partial charge in [-0.25, -0.2) is 12.7 Å². The van der Waals surface area contributed by atoms with Gasteiger partial charge in [0, 0.05) is 13.1 Å². The smallest absolute Gasteiger partial charge is 0.216 e. The summed E-state index contributed by atoms with van der Waals surface area (Å²) >= 11 is 0. The van der Waals surface area contributed by atoms with E-state index >= 15 is 0 Å². The Morgan fingerprint density at radius 2 is 1.62 bits per heavy atom. The van der Waals surface area contributed by atoms with Crippen molar-refractivity contribution in [2.24, 2.45) is 0 Å². The van der Waals surface area contributed by atoms with Gasteiger partial charge in [-0.1, -0.05) is 12.8 Å². The fourth-order valence-electron chi connectivity index (χ4n) is 1.56. The van der Waals surface area contributed by atoms with E-state index in [4.69, 9.17) is 5.11 Å². The molecule has 1 rings (SSSR count). The number of nitrogens with zero attached hydrogens (tertiary/aromatic N) is 1. The van der Waals surface area contributed by atoms with Gasteiger partial charge in [0.25, 0.3) is 0 Å². The van der Waals surface area contributed by atoms with Gasteiger partial charge in [-0.05, 0) is 12.8 Å². The van der Waals surface area contributed by atoms with Crippen LogP contribution in [0.3, 0.4) is 0 Å². The average Bonchev–Trinajstić information content (AvgIpc) is 2.31. The van der Waals surface area contributed by atoms with Crippen molar-refractivity contribution in [3.05, 3.63) is 0 Å². The molecule has 1 aliphatic rings. The number of hydrogen-bond donors (Lipinski definition) is 1. The predicted molar refractivity (Wildman–Crippen MR) is 50.9 cm³/mol. The molecule has 0 saturated carbocycles. The van der Waals surface area contributed by atoms with E-state index in [9.17, 15) is 8.42 Å². The topological polar surface area (TPSA) is 57.6 Å².